The molecule has 0 spiro atoms. The summed E-state index contributed by atoms with van der Waals surface area (Å²) >= 11 is 1.75. The van der Waals surface area contributed by atoms with Gasteiger partial charge in [-0.1, -0.05) is 6.92 Å². The number of amides is 1. The number of carbonyl (C=O) groups is 1. The predicted octanol–water partition coefficient (Wildman–Crippen LogP) is 0.342. The molecule has 1 aromatic rings. The molecule has 1 N–H and O–H groups in total. The van der Waals surface area contributed by atoms with E-state index in [0.717, 1.165) is 44.3 Å². The number of hydrogen-bond acceptors (Lipinski definition) is 6. The second kappa shape index (κ2) is 6.72. The van der Waals surface area contributed by atoms with Gasteiger partial charge >= 0.3 is 0 Å². The highest BCUT2D eigenvalue weighted by Gasteiger charge is 2.29. The number of ether oxygens (including phenoxy) is 1. The van der Waals surface area contributed by atoms with Crippen LogP contribution in [-0.2, 0) is 16.0 Å². The van der Waals surface area contributed by atoms with Gasteiger partial charge in [-0.15, -0.1) is 11.3 Å². The highest BCUT2D eigenvalue weighted by atomic mass is 32.1. The lowest BCUT2D eigenvalue weighted by atomic mass is 10.2. The van der Waals surface area contributed by atoms with Gasteiger partial charge in [-0.3, -0.25) is 4.79 Å². The van der Waals surface area contributed by atoms with Gasteiger partial charge in [0.1, 0.15) is 6.10 Å². The fourth-order valence-electron chi connectivity index (χ4n) is 2.65. The van der Waals surface area contributed by atoms with Crippen LogP contribution in [0.2, 0.25) is 0 Å². The molecule has 0 bridgehead atoms. The van der Waals surface area contributed by atoms with Crippen LogP contribution in [0.5, 0.6) is 0 Å². The molecule has 0 radical (unpaired) electrons. The summed E-state index contributed by atoms with van der Waals surface area (Å²) in [6.07, 6.45) is 2.68. The van der Waals surface area contributed by atoms with Crippen molar-refractivity contribution in [3.8, 4) is 0 Å². The van der Waals surface area contributed by atoms with Gasteiger partial charge in [0, 0.05) is 50.3 Å². The topological polar surface area (TPSA) is 57.7 Å². The van der Waals surface area contributed by atoms with Crippen LogP contribution in [0.3, 0.4) is 0 Å². The van der Waals surface area contributed by atoms with Gasteiger partial charge in [0.15, 0.2) is 5.13 Å². The Morgan fingerprint density at radius 1 is 1.48 bits per heavy atom. The van der Waals surface area contributed by atoms with Gasteiger partial charge in [0.25, 0.3) is 5.91 Å². The minimum atomic E-state index is -0.308. The van der Waals surface area contributed by atoms with Crippen molar-refractivity contribution in [1.82, 2.24) is 15.2 Å². The van der Waals surface area contributed by atoms with Crippen molar-refractivity contribution in [3.63, 3.8) is 0 Å². The number of carbonyl (C=O) groups excluding carboxylic acids is 1. The Morgan fingerprint density at radius 2 is 2.29 bits per heavy atom. The van der Waals surface area contributed by atoms with Gasteiger partial charge in [-0.2, -0.15) is 0 Å². The minimum Gasteiger partial charge on any atom is -0.366 e. The van der Waals surface area contributed by atoms with Crippen LogP contribution in [0.4, 0.5) is 5.13 Å². The first kappa shape index (κ1) is 14.7. The molecule has 1 atom stereocenters. The maximum Gasteiger partial charge on any atom is 0.253 e. The number of nitrogens with zero attached hydrogens (tertiary/aromatic N) is 3. The second-order valence-corrected chi connectivity index (χ2v) is 6.43. The van der Waals surface area contributed by atoms with Crippen molar-refractivity contribution in [2.45, 2.75) is 19.4 Å². The Bertz CT molecular complexity index is 479. The molecule has 21 heavy (non-hydrogen) atoms. The van der Waals surface area contributed by atoms with Gasteiger partial charge in [0.2, 0.25) is 0 Å². The average Bonchev–Trinajstić information content (AvgIpc) is 3.04. The highest BCUT2D eigenvalue weighted by molar-refractivity contribution is 7.15. The molecule has 2 aliphatic rings. The number of nitrogens with one attached hydrogen (secondary N) is 1. The van der Waals surface area contributed by atoms with E-state index in [-0.39, 0.29) is 12.0 Å². The number of piperazine rings is 1. The first-order valence-electron chi connectivity index (χ1n) is 7.58. The van der Waals surface area contributed by atoms with Crippen molar-refractivity contribution in [2.24, 2.45) is 0 Å². The standard InChI is InChI=1S/C14H22N4O2S/c1-2-11-9-16-14(21-11)18-6-4-17(5-7-18)13(19)12-10-15-3-8-20-12/h9,12,15H,2-8,10H2,1H3. The molecule has 7 heteroatoms. The largest absolute Gasteiger partial charge is 0.366 e. The zero-order chi connectivity index (χ0) is 14.7. The summed E-state index contributed by atoms with van der Waals surface area (Å²) in [4.78, 5) is 22.4. The van der Waals surface area contributed by atoms with E-state index >= 15 is 0 Å². The summed E-state index contributed by atoms with van der Waals surface area (Å²) in [5.41, 5.74) is 0. The number of morpholine rings is 1. The molecule has 0 aliphatic carbocycles. The average molecular weight is 310 g/mol. The molecule has 2 saturated heterocycles. The van der Waals surface area contributed by atoms with E-state index in [1.807, 2.05) is 11.1 Å². The van der Waals surface area contributed by atoms with Crippen molar-refractivity contribution in [1.29, 1.82) is 0 Å². The van der Waals surface area contributed by atoms with E-state index in [1.54, 1.807) is 11.3 Å². The zero-order valence-corrected chi connectivity index (χ0v) is 13.2. The van der Waals surface area contributed by atoms with E-state index in [1.165, 1.54) is 4.88 Å². The molecule has 2 aliphatic heterocycles. The Labute approximate surface area is 129 Å². The van der Waals surface area contributed by atoms with Crippen molar-refractivity contribution >= 4 is 22.4 Å². The minimum absolute atomic E-state index is 0.121. The van der Waals surface area contributed by atoms with Crippen LogP contribution in [0.1, 0.15) is 11.8 Å². The van der Waals surface area contributed by atoms with Gasteiger partial charge in [0.05, 0.1) is 6.61 Å². The monoisotopic (exact) mass is 310 g/mol. The molecule has 0 saturated carbocycles. The van der Waals surface area contributed by atoms with Crippen LogP contribution in [0.25, 0.3) is 0 Å². The third-order valence-electron chi connectivity index (χ3n) is 3.95. The number of aryl methyl sites for hydroxylation is 1. The molecule has 1 amide bonds. The molecule has 0 aromatic carbocycles. The molecule has 1 aromatic heterocycles. The number of aromatic nitrogens is 1. The molecule has 6 nitrogen and oxygen atoms in total. The highest BCUT2D eigenvalue weighted by Crippen LogP contribution is 2.24. The second-order valence-electron chi connectivity index (χ2n) is 5.34. The smallest absolute Gasteiger partial charge is 0.253 e. The van der Waals surface area contributed by atoms with E-state index in [2.05, 4.69) is 22.1 Å². The molecular formula is C14H22N4O2S. The number of hydrogen-bond donors (Lipinski definition) is 1. The lowest BCUT2D eigenvalue weighted by molar-refractivity contribution is -0.145. The van der Waals surface area contributed by atoms with E-state index < -0.39 is 0 Å². The maximum atomic E-state index is 12.4. The summed E-state index contributed by atoms with van der Waals surface area (Å²) in [7, 11) is 0. The molecule has 1 unspecified atom stereocenters. The SMILES string of the molecule is CCc1cnc(N2CCN(C(=O)C3CNCCO3)CC2)s1. The normalized spacial score (nSPS) is 23.4. The van der Waals surface area contributed by atoms with Crippen LogP contribution < -0.4 is 10.2 Å². The Balaban J connectivity index is 1.53. The fourth-order valence-corrected chi connectivity index (χ4v) is 3.55. The van der Waals surface area contributed by atoms with Crippen LogP contribution >= 0.6 is 11.3 Å². The number of thiazole rings is 1. The fraction of sp³-hybridized carbons (Fsp3) is 0.714. The van der Waals surface area contributed by atoms with Crippen molar-refractivity contribution in [2.75, 3.05) is 50.8 Å². The van der Waals surface area contributed by atoms with Crippen LogP contribution in [0.15, 0.2) is 6.20 Å². The molecular weight excluding hydrogens is 288 g/mol. The summed E-state index contributed by atoms with van der Waals surface area (Å²) in [5, 5.41) is 4.29. The van der Waals surface area contributed by atoms with Crippen molar-refractivity contribution < 1.29 is 9.53 Å². The predicted molar refractivity (Wildman–Crippen MR) is 82.9 cm³/mol. The molecule has 116 valence electrons. The zero-order valence-electron chi connectivity index (χ0n) is 12.4. The Kier molecular flexibility index (Phi) is 4.72. The number of anilines is 1. The molecule has 3 rings (SSSR count). The summed E-state index contributed by atoms with van der Waals surface area (Å²) in [6, 6.07) is 0. The van der Waals surface area contributed by atoms with E-state index in [0.29, 0.717) is 13.2 Å². The van der Waals surface area contributed by atoms with Gasteiger partial charge in [-0.25, -0.2) is 4.98 Å². The Hall–Kier alpha value is -1.18. The molecule has 3 heterocycles. The molecule has 2 fully saturated rings. The number of rotatable bonds is 3. The first-order valence-corrected chi connectivity index (χ1v) is 8.40. The van der Waals surface area contributed by atoms with Gasteiger partial charge < -0.3 is 19.9 Å². The Morgan fingerprint density at radius 3 is 2.90 bits per heavy atom. The summed E-state index contributed by atoms with van der Waals surface area (Å²) in [5.74, 6) is 0.121. The van der Waals surface area contributed by atoms with Gasteiger partial charge in [-0.05, 0) is 6.42 Å². The quantitative estimate of drug-likeness (QED) is 0.873. The summed E-state index contributed by atoms with van der Waals surface area (Å²) < 4.78 is 5.54. The third-order valence-corrected chi connectivity index (χ3v) is 5.16. The van der Waals surface area contributed by atoms with Crippen LogP contribution in [-0.4, -0.2) is 67.8 Å². The maximum absolute atomic E-state index is 12.4. The lowest BCUT2D eigenvalue weighted by Crippen LogP contribution is -2.55. The van der Waals surface area contributed by atoms with E-state index in [9.17, 15) is 4.79 Å². The first-order chi connectivity index (χ1) is 10.3. The van der Waals surface area contributed by atoms with E-state index in [4.69, 9.17) is 4.74 Å². The van der Waals surface area contributed by atoms with Crippen molar-refractivity contribution in [3.05, 3.63) is 11.1 Å². The third kappa shape index (κ3) is 3.36. The van der Waals surface area contributed by atoms with Crippen LogP contribution in [0, 0.1) is 0 Å². The lowest BCUT2D eigenvalue weighted by Gasteiger charge is -2.37. The summed E-state index contributed by atoms with van der Waals surface area (Å²) in [6.45, 7) is 7.43.